The molecule has 0 spiro atoms. The first-order valence-electron chi connectivity index (χ1n) is 10.8. The third-order valence-electron chi connectivity index (χ3n) is 4.70. The molecule has 0 aromatic carbocycles. The maximum atomic E-state index is 4.15. The number of hydrogen-bond acceptors (Lipinski definition) is 8. The molecule has 2 aromatic heterocycles. The summed E-state index contributed by atoms with van der Waals surface area (Å²) >= 11 is 0. The highest BCUT2D eigenvalue weighted by Gasteiger charge is 2.08. The zero-order valence-electron chi connectivity index (χ0n) is 17.4. The van der Waals surface area contributed by atoms with Gasteiger partial charge in [-0.05, 0) is 33.7 Å². The smallest absolute Gasteiger partial charge is 0.209 e. The van der Waals surface area contributed by atoms with Crippen LogP contribution in [0.1, 0.15) is 90.9 Å². The summed E-state index contributed by atoms with van der Waals surface area (Å²) in [4.78, 5) is 0. The average molecular weight is 391 g/mol. The molecule has 28 heavy (non-hydrogen) atoms. The zero-order valence-corrected chi connectivity index (χ0v) is 17.4. The van der Waals surface area contributed by atoms with E-state index in [0.29, 0.717) is 11.9 Å². The quantitative estimate of drug-likeness (QED) is 0.301. The van der Waals surface area contributed by atoms with Gasteiger partial charge in [0.25, 0.3) is 11.9 Å². The van der Waals surface area contributed by atoms with E-state index in [4.69, 9.17) is 0 Å². The first-order chi connectivity index (χ1) is 13.8. The van der Waals surface area contributed by atoms with Gasteiger partial charge in [0.2, 0.25) is 0 Å². The van der Waals surface area contributed by atoms with Crippen LogP contribution in [0.25, 0.3) is 0 Å². The van der Waals surface area contributed by atoms with Crippen LogP contribution in [0.5, 0.6) is 0 Å². The van der Waals surface area contributed by atoms with Gasteiger partial charge in [0.1, 0.15) is 0 Å². The summed E-state index contributed by atoms with van der Waals surface area (Å²) < 4.78 is 3.37. The summed E-state index contributed by atoms with van der Waals surface area (Å²) in [5.74, 6) is 0.783. The number of nitrogens with zero attached hydrogens (tertiary/aromatic N) is 10. The van der Waals surface area contributed by atoms with Gasteiger partial charge in [-0.15, -0.1) is 10.2 Å². The summed E-state index contributed by atoms with van der Waals surface area (Å²) in [5.41, 5.74) is 0. The largest absolute Gasteiger partial charge is 0.288 e. The van der Waals surface area contributed by atoms with Gasteiger partial charge in [-0.1, -0.05) is 88.3 Å². The van der Waals surface area contributed by atoms with Crippen LogP contribution in [0.15, 0.2) is 10.2 Å². The van der Waals surface area contributed by atoms with Gasteiger partial charge in [-0.3, -0.25) is 0 Å². The minimum Gasteiger partial charge on any atom is -0.209 e. The van der Waals surface area contributed by atoms with Gasteiger partial charge in [-0.2, -0.15) is 0 Å². The second kappa shape index (κ2) is 13.8. The fourth-order valence-electron chi connectivity index (χ4n) is 3.01. The van der Waals surface area contributed by atoms with Crippen molar-refractivity contribution in [1.82, 2.24) is 40.4 Å². The van der Waals surface area contributed by atoms with Gasteiger partial charge in [0, 0.05) is 13.1 Å². The molecule has 0 radical (unpaired) electrons. The standard InChI is InChI=1S/C18H34N10/c1-3-5-7-9-11-13-15-27-17(21-23-25-27)19-20-18-22-24-26-28(18)16-14-12-10-8-6-4-2/h3-16H2,1-2H3/b20-19+. The third kappa shape index (κ3) is 8.18. The van der Waals surface area contributed by atoms with Crippen LogP contribution >= 0.6 is 0 Å². The maximum Gasteiger partial charge on any atom is 0.288 e. The monoisotopic (exact) mass is 390 g/mol. The van der Waals surface area contributed by atoms with Crippen LogP contribution < -0.4 is 0 Å². The second-order valence-electron chi connectivity index (χ2n) is 7.14. The van der Waals surface area contributed by atoms with Crippen LogP contribution in [0.3, 0.4) is 0 Å². The lowest BCUT2D eigenvalue weighted by Crippen LogP contribution is -2.01. The summed E-state index contributed by atoms with van der Waals surface area (Å²) in [6.45, 7) is 5.94. The van der Waals surface area contributed by atoms with Crippen molar-refractivity contribution >= 4 is 11.9 Å². The number of azo groups is 1. The first kappa shape index (κ1) is 22.0. The molecule has 10 heteroatoms. The Morgan fingerprint density at radius 2 is 0.964 bits per heavy atom. The van der Waals surface area contributed by atoms with Gasteiger partial charge in [0.15, 0.2) is 0 Å². The molecule has 0 aliphatic heterocycles. The Kier molecular flexibility index (Phi) is 10.9. The average Bonchev–Trinajstić information content (AvgIpc) is 3.34. The van der Waals surface area contributed by atoms with E-state index in [0.717, 1.165) is 25.9 Å². The summed E-state index contributed by atoms with van der Waals surface area (Å²) in [7, 11) is 0. The van der Waals surface area contributed by atoms with Crippen molar-refractivity contribution in [1.29, 1.82) is 0 Å². The molecule has 0 saturated heterocycles. The predicted molar refractivity (Wildman–Crippen MR) is 107 cm³/mol. The number of tetrazole rings is 2. The van der Waals surface area contributed by atoms with Crippen molar-refractivity contribution in [3.63, 3.8) is 0 Å². The Morgan fingerprint density at radius 1 is 0.571 bits per heavy atom. The number of rotatable bonds is 16. The Morgan fingerprint density at radius 3 is 1.39 bits per heavy atom. The van der Waals surface area contributed by atoms with Gasteiger partial charge in [-0.25, -0.2) is 9.36 Å². The van der Waals surface area contributed by atoms with Crippen LogP contribution in [0, 0.1) is 0 Å². The molecule has 0 atom stereocenters. The van der Waals surface area contributed by atoms with Gasteiger partial charge in [0.05, 0.1) is 0 Å². The molecule has 0 fully saturated rings. The van der Waals surface area contributed by atoms with Crippen molar-refractivity contribution < 1.29 is 0 Å². The molecular weight excluding hydrogens is 356 g/mol. The lowest BCUT2D eigenvalue weighted by molar-refractivity contribution is 0.514. The molecule has 2 heterocycles. The van der Waals surface area contributed by atoms with E-state index in [1.807, 2.05) is 0 Å². The molecule has 0 bridgehead atoms. The summed E-state index contributed by atoms with van der Waals surface area (Å²) in [6.07, 6.45) is 14.6. The molecule has 0 saturated carbocycles. The minimum atomic E-state index is 0.391. The van der Waals surface area contributed by atoms with Crippen molar-refractivity contribution in [3.05, 3.63) is 0 Å². The molecule has 0 aliphatic rings. The SMILES string of the molecule is CCCCCCCCn1nnnc1/N=N/c1nnnn1CCCCCCCC. The Balaban J connectivity index is 1.76. The molecular formula is C18H34N10. The molecule has 2 aromatic rings. The van der Waals surface area contributed by atoms with E-state index in [1.54, 1.807) is 9.36 Å². The van der Waals surface area contributed by atoms with E-state index in [2.05, 4.69) is 55.1 Å². The molecule has 10 nitrogen and oxygen atoms in total. The summed E-state index contributed by atoms with van der Waals surface area (Å²) in [5, 5.41) is 31.6. The van der Waals surface area contributed by atoms with E-state index in [9.17, 15) is 0 Å². The fraction of sp³-hybridized carbons (Fsp3) is 0.889. The van der Waals surface area contributed by atoms with E-state index < -0.39 is 0 Å². The van der Waals surface area contributed by atoms with Gasteiger partial charge < -0.3 is 0 Å². The van der Waals surface area contributed by atoms with Crippen LogP contribution in [-0.2, 0) is 13.1 Å². The lowest BCUT2D eigenvalue weighted by Gasteiger charge is -2.02. The second-order valence-corrected chi connectivity index (χ2v) is 7.14. The Hall–Kier alpha value is -2.26. The number of hydrogen-bond donors (Lipinski definition) is 0. The highest BCUT2D eigenvalue weighted by atomic mass is 15.6. The normalized spacial score (nSPS) is 11.6. The van der Waals surface area contributed by atoms with Crippen molar-refractivity contribution in [2.45, 2.75) is 104 Å². The van der Waals surface area contributed by atoms with E-state index in [1.165, 1.54) is 64.2 Å². The molecule has 0 unspecified atom stereocenters. The minimum absolute atomic E-state index is 0.391. The third-order valence-corrected chi connectivity index (χ3v) is 4.70. The maximum absolute atomic E-state index is 4.15. The van der Waals surface area contributed by atoms with E-state index in [-0.39, 0.29) is 0 Å². The highest BCUT2D eigenvalue weighted by molar-refractivity contribution is 5.14. The molecule has 0 aliphatic carbocycles. The van der Waals surface area contributed by atoms with Crippen molar-refractivity contribution in [3.8, 4) is 0 Å². The predicted octanol–water partition coefficient (Wildman–Crippen LogP) is 4.80. The number of unbranched alkanes of at least 4 members (excludes halogenated alkanes) is 10. The number of aromatic nitrogens is 8. The lowest BCUT2D eigenvalue weighted by atomic mass is 10.1. The first-order valence-corrected chi connectivity index (χ1v) is 10.8. The summed E-state index contributed by atoms with van der Waals surface area (Å²) in [6, 6.07) is 0. The molecule has 0 N–H and O–H groups in total. The fourth-order valence-corrected chi connectivity index (χ4v) is 3.01. The van der Waals surface area contributed by atoms with Crippen LogP contribution in [-0.4, -0.2) is 40.4 Å². The Labute approximate surface area is 167 Å². The molecule has 0 amide bonds. The van der Waals surface area contributed by atoms with Gasteiger partial charge >= 0.3 is 0 Å². The van der Waals surface area contributed by atoms with Crippen LogP contribution in [0.4, 0.5) is 11.9 Å². The van der Waals surface area contributed by atoms with E-state index >= 15 is 0 Å². The molecule has 2 rings (SSSR count). The topological polar surface area (TPSA) is 112 Å². The Bertz CT molecular complexity index is 607. The van der Waals surface area contributed by atoms with Crippen molar-refractivity contribution in [2.75, 3.05) is 0 Å². The van der Waals surface area contributed by atoms with Crippen molar-refractivity contribution in [2.24, 2.45) is 10.2 Å². The van der Waals surface area contributed by atoms with Crippen LogP contribution in [0.2, 0.25) is 0 Å². The number of aryl methyl sites for hydroxylation is 2. The highest BCUT2D eigenvalue weighted by Crippen LogP contribution is 2.14. The molecule has 156 valence electrons. The zero-order chi connectivity index (χ0) is 19.9.